The number of rotatable bonds is 3. The van der Waals surface area contributed by atoms with E-state index in [9.17, 15) is 0 Å². The molecule has 22 heavy (non-hydrogen) atoms. The summed E-state index contributed by atoms with van der Waals surface area (Å²) in [5.74, 6) is 0.769. The third-order valence-corrected chi connectivity index (χ3v) is 3.60. The summed E-state index contributed by atoms with van der Waals surface area (Å²) in [5, 5.41) is 1.14. The van der Waals surface area contributed by atoms with Crippen molar-refractivity contribution in [1.82, 2.24) is 14.4 Å². The second kappa shape index (κ2) is 5.15. The Morgan fingerprint density at radius 1 is 1.00 bits per heavy atom. The van der Waals surface area contributed by atoms with Crippen molar-refractivity contribution >= 4 is 16.6 Å². The number of aromatic nitrogens is 3. The zero-order valence-electron chi connectivity index (χ0n) is 12.2. The van der Waals surface area contributed by atoms with E-state index in [-0.39, 0.29) is 0 Å². The summed E-state index contributed by atoms with van der Waals surface area (Å²) < 4.78 is 7.89. The van der Waals surface area contributed by atoms with Crippen molar-refractivity contribution in [2.24, 2.45) is 0 Å². The number of pyridine rings is 2. The lowest BCUT2D eigenvalue weighted by molar-refractivity contribution is 0.303. The van der Waals surface area contributed by atoms with Crippen LogP contribution < -0.4 is 4.74 Å². The number of nitrogens with zero attached hydrogens (tertiary/aromatic N) is 3. The normalized spacial score (nSPS) is 11.1. The van der Waals surface area contributed by atoms with Gasteiger partial charge in [0.05, 0.1) is 16.9 Å². The molecule has 3 aromatic heterocycles. The van der Waals surface area contributed by atoms with Crippen LogP contribution in [0.15, 0.2) is 60.9 Å². The van der Waals surface area contributed by atoms with Crippen molar-refractivity contribution in [3.63, 3.8) is 0 Å². The molecule has 4 aromatic rings. The van der Waals surface area contributed by atoms with Gasteiger partial charge in [-0.15, -0.1) is 0 Å². The van der Waals surface area contributed by atoms with Gasteiger partial charge in [-0.05, 0) is 31.2 Å². The third-order valence-electron chi connectivity index (χ3n) is 3.60. The van der Waals surface area contributed by atoms with Gasteiger partial charge in [0.2, 0.25) is 0 Å². The first-order valence-electron chi connectivity index (χ1n) is 7.21. The van der Waals surface area contributed by atoms with Crippen LogP contribution in [0, 0.1) is 6.92 Å². The van der Waals surface area contributed by atoms with Gasteiger partial charge in [-0.1, -0.05) is 24.3 Å². The second-order valence-corrected chi connectivity index (χ2v) is 5.27. The molecule has 0 unspecified atom stereocenters. The highest BCUT2D eigenvalue weighted by Crippen LogP contribution is 2.20. The highest BCUT2D eigenvalue weighted by Gasteiger charge is 2.06. The van der Waals surface area contributed by atoms with Gasteiger partial charge >= 0.3 is 0 Å². The number of imidazole rings is 1. The van der Waals surface area contributed by atoms with Crippen LogP contribution in [0.3, 0.4) is 0 Å². The van der Waals surface area contributed by atoms with Crippen molar-refractivity contribution < 1.29 is 4.74 Å². The predicted molar refractivity (Wildman–Crippen MR) is 86.0 cm³/mol. The maximum Gasteiger partial charge on any atom is 0.179 e. The molecule has 0 N–H and O–H groups in total. The molecule has 0 aliphatic heterocycles. The van der Waals surface area contributed by atoms with Gasteiger partial charge < -0.3 is 9.14 Å². The molecule has 1 aromatic carbocycles. The molecule has 0 saturated carbocycles. The molecule has 3 heterocycles. The Hall–Kier alpha value is -2.88. The fraction of sp³-hybridized carbons (Fsp3) is 0.111. The molecule has 0 saturated heterocycles. The van der Waals surface area contributed by atoms with E-state index in [4.69, 9.17) is 4.74 Å². The number of ether oxygens (including phenoxy) is 1. The number of benzene rings is 1. The fourth-order valence-corrected chi connectivity index (χ4v) is 2.56. The van der Waals surface area contributed by atoms with Crippen molar-refractivity contribution in [3.05, 3.63) is 72.3 Å². The maximum atomic E-state index is 5.92. The van der Waals surface area contributed by atoms with Crippen LogP contribution in [0.4, 0.5) is 0 Å². The van der Waals surface area contributed by atoms with Crippen molar-refractivity contribution in [2.45, 2.75) is 13.5 Å². The van der Waals surface area contributed by atoms with E-state index >= 15 is 0 Å². The van der Waals surface area contributed by atoms with E-state index in [1.54, 1.807) is 0 Å². The average Bonchev–Trinajstić information content (AvgIpc) is 2.93. The van der Waals surface area contributed by atoms with Crippen LogP contribution in [-0.2, 0) is 6.61 Å². The summed E-state index contributed by atoms with van der Waals surface area (Å²) in [6.45, 7) is 2.40. The van der Waals surface area contributed by atoms with Gasteiger partial charge in [-0.3, -0.25) is 0 Å². The third kappa shape index (κ3) is 2.29. The maximum absolute atomic E-state index is 5.92. The Morgan fingerprint density at radius 3 is 2.86 bits per heavy atom. The summed E-state index contributed by atoms with van der Waals surface area (Å²) in [7, 11) is 0. The van der Waals surface area contributed by atoms with E-state index in [1.807, 2.05) is 60.1 Å². The minimum absolute atomic E-state index is 0.427. The number of aryl methyl sites for hydroxylation is 1. The Kier molecular flexibility index (Phi) is 3.00. The van der Waals surface area contributed by atoms with E-state index < -0.39 is 0 Å². The topological polar surface area (TPSA) is 39.4 Å². The van der Waals surface area contributed by atoms with Gasteiger partial charge in [-0.2, -0.15) is 0 Å². The largest absolute Gasteiger partial charge is 0.483 e. The molecule has 0 amide bonds. The lowest BCUT2D eigenvalue weighted by Crippen LogP contribution is -2.00. The van der Waals surface area contributed by atoms with E-state index in [1.165, 1.54) is 0 Å². The van der Waals surface area contributed by atoms with Crippen LogP contribution in [-0.4, -0.2) is 14.4 Å². The van der Waals surface area contributed by atoms with Crippen LogP contribution in [0.5, 0.6) is 5.75 Å². The molecule has 0 spiro atoms. The standard InChI is InChI=1S/C18H15N3O/c1-13-11-21-10-4-7-17(18(21)19-13)22-12-15-9-8-14-5-2-3-6-16(14)20-15/h2-11H,12H2,1H3. The van der Waals surface area contributed by atoms with E-state index in [0.29, 0.717) is 6.61 Å². The van der Waals surface area contributed by atoms with Gasteiger partial charge in [0.1, 0.15) is 6.61 Å². The molecule has 0 atom stereocenters. The number of hydrogen-bond acceptors (Lipinski definition) is 3. The number of para-hydroxylation sites is 1. The summed E-state index contributed by atoms with van der Waals surface area (Å²) in [4.78, 5) is 9.12. The van der Waals surface area contributed by atoms with Gasteiger partial charge in [0.25, 0.3) is 0 Å². The zero-order chi connectivity index (χ0) is 14.9. The van der Waals surface area contributed by atoms with Crippen LogP contribution in [0.2, 0.25) is 0 Å². The minimum atomic E-state index is 0.427. The van der Waals surface area contributed by atoms with Gasteiger partial charge in [0.15, 0.2) is 11.4 Å². The summed E-state index contributed by atoms with van der Waals surface area (Å²) in [6, 6.07) is 16.0. The van der Waals surface area contributed by atoms with Gasteiger partial charge in [-0.25, -0.2) is 9.97 Å². The number of hydrogen-bond donors (Lipinski definition) is 0. The Morgan fingerprint density at radius 2 is 1.91 bits per heavy atom. The monoisotopic (exact) mass is 289 g/mol. The SMILES string of the molecule is Cc1cn2cccc(OCc3ccc4ccccc4n3)c2n1. The Balaban J connectivity index is 1.62. The average molecular weight is 289 g/mol. The lowest BCUT2D eigenvalue weighted by atomic mass is 10.2. The summed E-state index contributed by atoms with van der Waals surface area (Å²) >= 11 is 0. The molecule has 4 nitrogen and oxygen atoms in total. The molecule has 108 valence electrons. The molecule has 0 aliphatic rings. The Bertz CT molecular complexity index is 959. The molecule has 0 fully saturated rings. The fourth-order valence-electron chi connectivity index (χ4n) is 2.56. The molecule has 4 heteroatoms. The zero-order valence-corrected chi connectivity index (χ0v) is 12.2. The van der Waals surface area contributed by atoms with E-state index in [0.717, 1.165) is 33.7 Å². The molecule has 0 radical (unpaired) electrons. The first-order chi connectivity index (χ1) is 10.8. The first-order valence-corrected chi connectivity index (χ1v) is 7.21. The van der Waals surface area contributed by atoms with Gasteiger partial charge in [0, 0.05) is 17.8 Å². The quantitative estimate of drug-likeness (QED) is 0.576. The van der Waals surface area contributed by atoms with Crippen LogP contribution in [0.25, 0.3) is 16.6 Å². The summed E-state index contributed by atoms with van der Waals surface area (Å²) in [5.41, 5.74) is 3.70. The first kappa shape index (κ1) is 12.8. The molecular formula is C18H15N3O. The summed E-state index contributed by atoms with van der Waals surface area (Å²) in [6.07, 6.45) is 3.95. The molecule has 0 bridgehead atoms. The van der Waals surface area contributed by atoms with E-state index in [2.05, 4.69) is 22.1 Å². The Labute approximate surface area is 128 Å². The molecule has 0 aliphatic carbocycles. The highest BCUT2D eigenvalue weighted by atomic mass is 16.5. The lowest BCUT2D eigenvalue weighted by Gasteiger charge is -2.07. The minimum Gasteiger partial charge on any atom is -0.483 e. The molecular weight excluding hydrogens is 274 g/mol. The van der Waals surface area contributed by atoms with Crippen molar-refractivity contribution in [3.8, 4) is 5.75 Å². The predicted octanol–water partition coefficient (Wildman–Crippen LogP) is 3.77. The van der Waals surface area contributed by atoms with Crippen molar-refractivity contribution in [1.29, 1.82) is 0 Å². The second-order valence-electron chi connectivity index (χ2n) is 5.27. The highest BCUT2D eigenvalue weighted by molar-refractivity contribution is 5.78. The van der Waals surface area contributed by atoms with Crippen LogP contribution in [0.1, 0.15) is 11.4 Å². The molecule has 4 rings (SSSR count). The smallest absolute Gasteiger partial charge is 0.179 e. The van der Waals surface area contributed by atoms with Crippen LogP contribution >= 0.6 is 0 Å². The number of fused-ring (bicyclic) bond motifs is 2. The van der Waals surface area contributed by atoms with Crippen molar-refractivity contribution in [2.75, 3.05) is 0 Å².